The van der Waals surface area contributed by atoms with E-state index in [1.54, 1.807) is 20.8 Å². The lowest BCUT2D eigenvalue weighted by atomic mass is 10.1. The van der Waals surface area contributed by atoms with Crippen LogP contribution in [-0.2, 0) is 16.0 Å². The van der Waals surface area contributed by atoms with Crippen LogP contribution in [0.25, 0.3) is 0 Å². The van der Waals surface area contributed by atoms with Crippen molar-refractivity contribution < 1.29 is 19.4 Å². The molecule has 0 saturated carbocycles. The molecule has 0 spiro atoms. The van der Waals surface area contributed by atoms with Crippen molar-refractivity contribution in [3.8, 4) is 0 Å². The van der Waals surface area contributed by atoms with Gasteiger partial charge in [0.25, 0.3) is 0 Å². The van der Waals surface area contributed by atoms with Gasteiger partial charge in [0.15, 0.2) is 0 Å². The van der Waals surface area contributed by atoms with E-state index in [4.69, 9.17) is 4.74 Å². The summed E-state index contributed by atoms with van der Waals surface area (Å²) in [6, 6.07) is 4.72. The van der Waals surface area contributed by atoms with E-state index in [1.807, 2.05) is 18.2 Å². The van der Waals surface area contributed by atoms with Gasteiger partial charge in [-0.05, 0) is 83.6 Å². The highest BCUT2D eigenvalue weighted by molar-refractivity contribution is 14.1. The van der Waals surface area contributed by atoms with Crippen LogP contribution in [0.4, 0.5) is 4.79 Å². The minimum atomic E-state index is -1.09. The van der Waals surface area contributed by atoms with Gasteiger partial charge in [-0.15, -0.1) is 0 Å². The summed E-state index contributed by atoms with van der Waals surface area (Å²) in [6.07, 6.45) is -0.514. The van der Waals surface area contributed by atoms with Crippen molar-refractivity contribution in [1.82, 2.24) is 5.32 Å². The molecule has 5 nitrogen and oxygen atoms in total. The fourth-order valence-electron chi connectivity index (χ4n) is 1.56. The first-order chi connectivity index (χ1) is 9.58. The number of halogens is 2. The second-order valence-corrected chi connectivity index (χ2v) is 7.88. The van der Waals surface area contributed by atoms with Crippen molar-refractivity contribution in [2.24, 2.45) is 0 Å². The summed E-state index contributed by atoms with van der Waals surface area (Å²) in [5.74, 6) is -1.09. The summed E-state index contributed by atoms with van der Waals surface area (Å²) in [5, 5.41) is 11.7. The highest BCUT2D eigenvalue weighted by atomic mass is 127. The number of carbonyl (C=O) groups excluding carboxylic acids is 1. The molecule has 1 aromatic rings. The molecule has 0 heterocycles. The Labute approximate surface area is 151 Å². The summed E-state index contributed by atoms with van der Waals surface area (Å²) < 4.78 is 7.13. The standard InChI is InChI=1S/C14H17I2NO4/c1-14(2,3)21-13(20)17-11(12(18)19)6-8-4-5-9(15)7-10(8)16/h4-5,7,11H,6H2,1-3H3,(H,17,20)(H,18,19)/t11-/m0/s1. The topological polar surface area (TPSA) is 75.6 Å². The van der Waals surface area contributed by atoms with Crippen molar-refractivity contribution >= 4 is 57.2 Å². The first-order valence-corrected chi connectivity index (χ1v) is 8.40. The highest BCUT2D eigenvalue weighted by Crippen LogP contribution is 2.18. The number of carboxylic acid groups (broad SMARTS) is 1. The Morgan fingerprint density at radius 3 is 2.43 bits per heavy atom. The van der Waals surface area contributed by atoms with Crippen LogP contribution in [0.5, 0.6) is 0 Å². The molecule has 0 aliphatic heterocycles. The molecule has 0 unspecified atom stereocenters. The van der Waals surface area contributed by atoms with Crippen LogP contribution in [-0.4, -0.2) is 28.8 Å². The Morgan fingerprint density at radius 2 is 1.95 bits per heavy atom. The fraction of sp³-hybridized carbons (Fsp3) is 0.429. The number of nitrogens with one attached hydrogen (secondary N) is 1. The minimum Gasteiger partial charge on any atom is -0.480 e. The number of ether oxygens (including phenoxy) is 1. The molecule has 1 aromatic carbocycles. The van der Waals surface area contributed by atoms with Gasteiger partial charge >= 0.3 is 12.1 Å². The number of aliphatic carboxylic acids is 1. The average Bonchev–Trinajstić information content (AvgIpc) is 2.28. The molecule has 1 amide bonds. The summed E-state index contributed by atoms with van der Waals surface area (Å²) in [5.41, 5.74) is 0.212. The SMILES string of the molecule is CC(C)(C)OC(=O)N[C@@H](Cc1ccc(I)cc1I)C(=O)O. The van der Waals surface area contributed by atoms with Crippen molar-refractivity contribution in [3.63, 3.8) is 0 Å². The van der Waals surface area contributed by atoms with Gasteiger partial charge in [-0.3, -0.25) is 0 Å². The lowest BCUT2D eigenvalue weighted by molar-refractivity contribution is -0.139. The number of hydrogen-bond acceptors (Lipinski definition) is 3. The number of benzene rings is 1. The number of alkyl carbamates (subject to hydrolysis) is 1. The van der Waals surface area contributed by atoms with Gasteiger partial charge in [-0.2, -0.15) is 0 Å². The Morgan fingerprint density at radius 1 is 1.33 bits per heavy atom. The first kappa shape index (κ1) is 18.5. The second-order valence-electron chi connectivity index (χ2n) is 5.48. The zero-order valence-electron chi connectivity index (χ0n) is 11.9. The van der Waals surface area contributed by atoms with Crippen molar-refractivity contribution in [2.45, 2.75) is 38.8 Å². The van der Waals surface area contributed by atoms with E-state index in [2.05, 4.69) is 50.5 Å². The maximum absolute atomic E-state index is 11.7. The third-order valence-corrected chi connectivity index (χ3v) is 4.10. The number of carbonyl (C=O) groups is 2. The van der Waals surface area contributed by atoms with Crippen molar-refractivity contribution in [3.05, 3.63) is 30.9 Å². The second kappa shape index (κ2) is 7.61. The lowest BCUT2D eigenvalue weighted by Crippen LogP contribution is -2.44. The van der Waals surface area contributed by atoms with Crippen LogP contribution in [0, 0.1) is 7.14 Å². The molecule has 0 saturated heterocycles. The van der Waals surface area contributed by atoms with E-state index in [1.165, 1.54) is 0 Å². The Hall–Kier alpha value is -0.580. The lowest BCUT2D eigenvalue weighted by Gasteiger charge is -2.22. The van der Waals surface area contributed by atoms with E-state index in [0.29, 0.717) is 0 Å². The van der Waals surface area contributed by atoms with Gasteiger partial charge in [0.2, 0.25) is 0 Å². The largest absolute Gasteiger partial charge is 0.480 e. The molecule has 1 atom stereocenters. The van der Waals surface area contributed by atoms with Crippen LogP contribution >= 0.6 is 45.2 Å². The molecule has 2 N–H and O–H groups in total. The molecule has 0 radical (unpaired) electrons. The van der Waals surface area contributed by atoms with Crippen LogP contribution in [0.2, 0.25) is 0 Å². The molecular weight excluding hydrogens is 500 g/mol. The molecule has 7 heteroatoms. The zero-order chi connectivity index (χ0) is 16.2. The molecule has 116 valence electrons. The van der Waals surface area contributed by atoms with Gasteiger partial charge in [-0.25, -0.2) is 9.59 Å². The van der Waals surface area contributed by atoms with Gasteiger partial charge in [0.1, 0.15) is 11.6 Å². The maximum Gasteiger partial charge on any atom is 0.408 e. The van der Waals surface area contributed by atoms with Gasteiger partial charge in [0, 0.05) is 13.6 Å². The van der Waals surface area contributed by atoms with Crippen molar-refractivity contribution in [2.75, 3.05) is 0 Å². The number of hydrogen-bond donors (Lipinski definition) is 2. The van der Waals surface area contributed by atoms with E-state index in [-0.39, 0.29) is 6.42 Å². The summed E-state index contributed by atoms with van der Waals surface area (Å²) in [6.45, 7) is 5.18. The Kier molecular flexibility index (Phi) is 6.70. The van der Waals surface area contributed by atoms with E-state index >= 15 is 0 Å². The molecule has 21 heavy (non-hydrogen) atoms. The fourth-order valence-corrected chi connectivity index (χ4v) is 3.38. The molecule has 0 fully saturated rings. The van der Waals surface area contributed by atoms with Crippen LogP contribution < -0.4 is 5.32 Å². The van der Waals surface area contributed by atoms with Gasteiger partial charge in [-0.1, -0.05) is 6.07 Å². The van der Waals surface area contributed by atoms with Crippen LogP contribution in [0.3, 0.4) is 0 Å². The molecule has 0 aliphatic rings. The third-order valence-electron chi connectivity index (χ3n) is 2.43. The number of rotatable bonds is 4. The van der Waals surface area contributed by atoms with Crippen LogP contribution in [0.1, 0.15) is 26.3 Å². The van der Waals surface area contributed by atoms with E-state index < -0.39 is 23.7 Å². The van der Waals surface area contributed by atoms with Crippen molar-refractivity contribution in [1.29, 1.82) is 0 Å². The normalized spacial score (nSPS) is 12.6. The van der Waals surface area contributed by atoms with E-state index in [0.717, 1.165) is 12.7 Å². The predicted molar refractivity (Wildman–Crippen MR) is 96.4 cm³/mol. The minimum absolute atomic E-state index is 0.212. The summed E-state index contributed by atoms with van der Waals surface area (Å²) >= 11 is 4.35. The summed E-state index contributed by atoms with van der Waals surface area (Å²) in [7, 11) is 0. The zero-order valence-corrected chi connectivity index (χ0v) is 16.3. The molecule has 0 aliphatic carbocycles. The van der Waals surface area contributed by atoms with E-state index in [9.17, 15) is 14.7 Å². The molecule has 0 bridgehead atoms. The van der Waals surface area contributed by atoms with Gasteiger partial charge < -0.3 is 15.2 Å². The Bertz CT molecular complexity index is 540. The monoisotopic (exact) mass is 517 g/mol. The first-order valence-electron chi connectivity index (χ1n) is 6.25. The smallest absolute Gasteiger partial charge is 0.408 e. The molecular formula is C14H17I2NO4. The summed E-state index contributed by atoms with van der Waals surface area (Å²) in [4.78, 5) is 23.0. The van der Waals surface area contributed by atoms with Crippen LogP contribution in [0.15, 0.2) is 18.2 Å². The van der Waals surface area contributed by atoms with Gasteiger partial charge in [0.05, 0.1) is 0 Å². The highest BCUT2D eigenvalue weighted by Gasteiger charge is 2.24. The Balaban J connectivity index is 2.79. The molecule has 0 aromatic heterocycles. The predicted octanol–water partition coefficient (Wildman–Crippen LogP) is 3.42. The third kappa shape index (κ3) is 6.81. The maximum atomic E-state index is 11.7. The number of amides is 1. The molecule has 1 rings (SSSR count). The quantitative estimate of drug-likeness (QED) is 0.601. The number of carboxylic acids is 1. The average molecular weight is 517 g/mol.